The largest absolute Gasteiger partial charge is 0.496 e. The van der Waals surface area contributed by atoms with Crippen LogP contribution in [0.5, 0.6) is 5.75 Å². The number of hydrogen-bond acceptors (Lipinski definition) is 5. The van der Waals surface area contributed by atoms with Crippen molar-refractivity contribution in [2.75, 3.05) is 19.0 Å². The van der Waals surface area contributed by atoms with Crippen molar-refractivity contribution in [2.24, 2.45) is 0 Å². The molecule has 7 nitrogen and oxygen atoms in total. The van der Waals surface area contributed by atoms with Gasteiger partial charge in [0.25, 0.3) is 0 Å². The number of ether oxygens (including phenoxy) is 2. The maximum absolute atomic E-state index is 11.2. The number of carboxylic acid groups (broad SMARTS) is 1. The highest BCUT2D eigenvalue weighted by molar-refractivity contribution is 5.91. The maximum atomic E-state index is 11.2. The molecule has 0 aliphatic heterocycles. The van der Waals surface area contributed by atoms with E-state index in [4.69, 9.17) is 9.84 Å². The van der Waals surface area contributed by atoms with Crippen LogP contribution >= 0.6 is 0 Å². The molecule has 0 atom stereocenters. The van der Waals surface area contributed by atoms with E-state index in [9.17, 15) is 9.59 Å². The van der Waals surface area contributed by atoms with Gasteiger partial charge >= 0.3 is 12.1 Å². The first-order chi connectivity index (χ1) is 8.58. The molecule has 0 aliphatic rings. The van der Waals surface area contributed by atoms with Gasteiger partial charge in [-0.2, -0.15) is 0 Å². The second kappa shape index (κ2) is 6.24. The lowest BCUT2D eigenvalue weighted by molar-refractivity contribution is 0.0693. The number of nitrogens with zero attached hydrogens (tertiary/aromatic N) is 1. The van der Waals surface area contributed by atoms with Gasteiger partial charge in [-0.1, -0.05) is 12.7 Å². The average Bonchev–Trinajstić information content (AvgIpc) is 2.35. The highest BCUT2D eigenvalue weighted by atomic mass is 16.5. The normalized spacial score (nSPS) is 9.39. The third-order valence-electron chi connectivity index (χ3n) is 1.88. The van der Waals surface area contributed by atoms with Gasteiger partial charge in [-0.15, -0.1) is 0 Å². The van der Waals surface area contributed by atoms with Gasteiger partial charge in [-0.3, -0.25) is 5.32 Å². The van der Waals surface area contributed by atoms with E-state index in [1.54, 1.807) is 0 Å². The molecule has 1 amide bonds. The fourth-order valence-electron chi connectivity index (χ4n) is 1.11. The molecule has 0 bridgehead atoms. The molecular weight excluding hydrogens is 240 g/mol. The Morgan fingerprint density at radius 3 is 2.89 bits per heavy atom. The van der Waals surface area contributed by atoms with E-state index in [0.29, 0.717) is 0 Å². The predicted molar refractivity (Wildman–Crippen MR) is 62.9 cm³/mol. The highest BCUT2D eigenvalue weighted by Gasteiger charge is 2.13. The van der Waals surface area contributed by atoms with E-state index in [2.05, 4.69) is 21.6 Å². The van der Waals surface area contributed by atoms with Crippen LogP contribution in [0.1, 0.15) is 10.4 Å². The molecule has 1 rings (SSSR count). The minimum Gasteiger partial charge on any atom is -0.496 e. The summed E-state index contributed by atoms with van der Waals surface area (Å²) in [4.78, 5) is 25.8. The smallest absolute Gasteiger partial charge is 0.413 e. The van der Waals surface area contributed by atoms with Gasteiger partial charge in [0.2, 0.25) is 0 Å². The molecule has 0 unspecified atom stereocenters. The number of anilines is 1. The monoisotopic (exact) mass is 252 g/mol. The first kappa shape index (κ1) is 13.5. The molecule has 0 radical (unpaired) electrons. The Balaban J connectivity index is 2.82. The quantitative estimate of drug-likeness (QED) is 0.771. The number of nitrogens with one attached hydrogen (secondary N) is 1. The van der Waals surface area contributed by atoms with Gasteiger partial charge in [0.15, 0.2) is 0 Å². The molecule has 2 N–H and O–H groups in total. The fraction of sp³-hybridized carbons (Fsp3) is 0.182. The number of carbonyl (C=O) groups is 2. The second-order valence-corrected chi connectivity index (χ2v) is 3.09. The topological polar surface area (TPSA) is 97.8 Å². The number of hydrogen-bond donors (Lipinski definition) is 2. The lowest BCUT2D eigenvalue weighted by atomic mass is 10.2. The number of aromatic carboxylic acids is 1. The number of carboxylic acids is 1. The van der Waals surface area contributed by atoms with Gasteiger partial charge in [0.05, 0.1) is 7.11 Å². The van der Waals surface area contributed by atoms with Crippen LogP contribution in [-0.2, 0) is 4.74 Å². The molecule has 0 aliphatic carbocycles. The van der Waals surface area contributed by atoms with Gasteiger partial charge in [0.1, 0.15) is 23.7 Å². The van der Waals surface area contributed by atoms with E-state index in [0.717, 1.165) is 6.20 Å². The molecule has 1 heterocycles. The molecule has 0 saturated carbocycles. The molecule has 96 valence electrons. The van der Waals surface area contributed by atoms with Crippen LogP contribution in [0.2, 0.25) is 0 Å². The van der Waals surface area contributed by atoms with Crippen molar-refractivity contribution < 1.29 is 24.2 Å². The van der Waals surface area contributed by atoms with Gasteiger partial charge in [0, 0.05) is 12.3 Å². The summed E-state index contributed by atoms with van der Waals surface area (Å²) in [6, 6.07) is 1.29. The third-order valence-corrected chi connectivity index (χ3v) is 1.88. The molecule has 0 aromatic carbocycles. The van der Waals surface area contributed by atoms with Crippen molar-refractivity contribution >= 4 is 17.9 Å². The van der Waals surface area contributed by atoms with E-state index in [1.165, 1.54) is 19.3 Å². The minimum absolute atomic E-state index is 0.0657. The van der Waals surface area contributed by atoms with Crippen LogP contribution in [0.3, 0.4) is 0 Å². The number of methoxy groups -OCH3 is 1. The Bertz CT molecular complexity index is 473. The van der Waals surface area contributed by atoms with Crippen molar-refractivity contribution in [3.8, 4) is 5.75 Å². The van der Waals surface area contributed by atoms with Crippen LogP contribution in [0.4, 0.5) is 10.6 Å². The van der Waals surface area contributed by atoms with E-state index in [1.807, 2.05) is 0 Å². The Kier molecular flexibility index (Phi) is 4.67. The summed E-state index contributed by atoms with van der Waals surface area (Å²) < 4.78 is 9.56. The summed E-state index contributed by atoms with van der Waals surface area (Å²) in [5.41, 5.74) is -0.0949. The summed E-state index contributed by atoms with van der Waals surface area (Å²) in [6.45, 7) is 3.46. The van der Waals surface area contributed by atoms with Crippen molar-refractivity contribution in [1.29, 1.82) is 0 Å². The molecule has 0 spiro atoms. The Hall–Kier alpha value is -2.57. The first-order valence-corrected chi connectivity index (χ1v) is 4.90. The summed E-state index contributed by atoms with van der Waals surface area (Å²) in [5.74, 6) is -0.942. The van der Waals surface area contributed by atoms with E-state index < -0.39 is 12.1 Å². The standard InChI is InChI=1S/C11H12N2O5/c1-3-4-18-11(16)13-9-5-8(17-2)7(6-12-9)10(14)15/h3,5-6H,1,4H2,2H3,(H,14,15)(H,12,13,16). The molecule has 1 aromatic heterocycles. The highest BCUT2D eigenvalue weighted by Crippen LogP contribution is 2.20. The maximum Gasteiger partial charge on any atom is 0.413 e. The zero-order chi connectivity index (χ0) is 13.5. The van der Waals surface area contributed by atoms with Crippen LogP contribution in [-0.4, -0.2) is 35.9 Å². The van der Waals surface area contributed by atoms with Crippen molar-refractivity contribution in [3.05, 3.63) is 30.5 Å². The molecule has 1 aromatic rings. The summed E-state index contributed by atoms with van der Waals surface area (Å²) in [5, 5.41) is 11.2. The Morgan fingerprint density at radius 2 is 2.33 bits per heavy atom. The number of pyridine rings is 1. The fourth-order valence-corrected chi connectivity index (χ4v) is 1.11. The predicted octanol–water partition coefficient (Wildman–Crippen LogP) is 1.52. The Labute approximate surface area is 103 Å². The van der Waals surface area contributed by atoms with Crippen LogP contribution < -0.4 is 10.1 Å². The number of carbonyl (C=O) groups excluding carboxylic acids is 1. The summed E-state index contributed by atoms with van der Waals surface area (Å²) in [6.07, 6.45) is 1.79. The molecule has 18 heavy (non-hydrogen) atoms. The Morgan fingerprint density at radius 1 is 1.61 bits per heavy atom. The zero-order valence-electron chi connectivity index (χ0n) is 9.67. The van der Waals surface area contributed by atoms with Crippen molar-refractivity contribution in [3.63, 3.8) is 0 Å². The molecule has 7 heteroatoms. The second-order valence-electron chi connectivity index (χ2n) is 3.09. The summed E-state index contributed by atoms with van der Waals surface area (Å²) in [7, 11) is 1.32. The molecule has 0 saturated heterocycles. The van der Waals surface area contributed by atoms with E-state index >= 15 is 0 Å². The van der Waals surface area contributed by atoms with Crippen LogP contribution in [0.15, 0.2) is 24.9 Å². The van der Waals surface area contributed by atoms with Crippen LogP contribution in [0, 0.1) is 0 Å². The first-order valence-electron chi connectivity index (χ1n) is 4.90. The van der Waals surface area contributed by atoms with Crippen molar-refractivity contribution in [2.45, 2.75) is 0 Å². The summed E-state index contributed by atoms with van der Waals surface area (Å²) >= 11 is 0. The lowest BCUT2D eigenvalue weighted by Crippen LogP contribution is -2.15. The number of amides is 1. The molecular formula is C11H12N2O5. The molecule has 0 fully saturated rings. The number of rotatable bonds is 5. The minimum atomic E-state index is -1.17. The van der Waals surface area contributed by atoms with Gasteiger partial charge in [-0.05, 0) is 0 Å². The van der Waals surface area contributed by atoms with Crippen LogP contribution in [0.25, 0.3) is 0 Å². The van der Waals surface area contributed by atoms with Crippen molar-refractivity contribution in [1.82, 2.24) is 4.98 Å². The van der Waals surface area contributed by atoms with E-state index in [-0.39, 0.29) is 23.7 Å². The number of aromatic nitrogens is 1. The third kappa shape index (κ3) is 3.48. The lowest BCUT2D eigenvalue weighted by Gasteiger charge is -2.08. The van der Waals surface area contributed by atoms with Gasteiger partial charge < -0.3 is 14.6 Å². The zero-order valence-corrected chi connectivity index (χ0v) is 9.67. The SMILES string of the molecule is C=CCOC(=O)Nc1cc(OC)c(C(=O)O)cn1. The van der Waals surface area contributed by atoms with Gasteiger partial charge in [-0.25, -0.2) is 14.6 Å². The average molecular weight is 252 g/mol.